The molecule has 0 aliphatic heterocycles. The fourth-order valence-corrected chi connectivity index (χ4v) is 3.33. The van der Waals surface area contributed by atoms with Gasteiger partial charge in [0.1, 0.15) is 0 Å². The zero-order valence-electron chi connectivity index (χ0n) is 11.2. The largest absolute Gasteiger partial charge is 0.297 e. The first-order valence-electron chi connectivity index (χ1n) is 6.33. The molecule has 4 nitrogen and oxygen atoms in total. The second-order valence-corrected chi connectivity index (χ2v) is 6.63. The molecular weight excluding hydrogens is 338 g/mol. The minimum absolute atomic E-state index is 0.246. The van der Waals surface area contributed by atoms with Crippen molar-refractivity contribution in [2.24, 2.45) is 0 Å². The second-order valence-electron chi connectivity index (χ2n) is 4.26. The zero-order chi connectivity index (χ0) is 15.4. The quantitative estimate of drug-likeness (QED) is 0.703. The van der Waals surface area contributed by atoms with Gasteiger partial charge in [-0.15, -0.1) is 21.5 Å². The average molecular weight is 348 g/mol. The molecule has 0 spiro atoms. The molecular formula is C15H10ClN3OS2. The van der Waals surface area contributed by atoms with Crippen molar-refractivity contribution in [3.05, 3.63) is 58.4 Å². The molecule has 0 unspecified atom stereocenters. The van der Waals surface area contributed by atoms with Gasteiger partial charge in [0, 0.05) is 11.1 Å². The molecule has 1 aromatic carbocycles. The van der Waals surface area contributed by atoms with Crippen LogP contribution in [0.15, 0.2) is 47.9 Å². The number of thiophene rings is 1. The SMILES string of the molecule is O=C(/C=C/c1ccc(Cl)cc1)Nc1nnc(-c2cccs2)s1. The standard InChI is InChI=1S/C15H10ClN3OS2/c16-11-6-3-10(4-7-11)5-8-13(20)17-15-19-18-14(22-15)12-2-1-9-21-12/h1-9H,(H,17,19,20)/b8-5+. The molecule has 22 heavy (non-hydrogen) atoms. The Morgan fingerprint density at radius 1 is 1.18 bits per heavy atom. The lowest BCUT2D eigenvalue weighted by atomic mass is 10.2. The number of nitrogens with one attached hydrogen (secondary N) is 1. The summed E-state index contributed by atoms with van der Waals surface area (Å²) in [6.45, 7) is 0. The Kier molecular flexibility index (Phi) is 4.62. The summed E-state index contributed by atoms with van der Waals surface area (Å²) in [6.07, 6.45) is 3.17. The van der Waals surface area contributed by atoms with Crippen molar-refractivity contribution >= 4 is 51.4 Å². The van der Waals surface area contributed by atoms with E-state index in [2.05, 4.69) is 15.5 Å². The molecule has 3 aromatic rings. The highest BCUT2D eigenvalue weighted by atomic mass is 35.5. The molecule has 1 N–H and O–H groups in total. The van der Waals surface area contributed by atoms with E-state index in [-0.39, 0.29) is 5.91 Å². The van der Waals surface area contributed by atoms with Crippen LogP contribution in [0.25, 0.3) is 16.0 Å². The number of halogens is 1. The maximum atomic E-state index is 11.9. The van der Waals surface area contributed by atoms with Gasteiger partial charge < -0.3 is 0 Å². The molecule has 3 rings (SSSR count). The van der Waals surface area contributed by atoms with Gasteiger partial charge in [-0.05, 0) is 35.2 Å². The molecule has 0 saturated heterocycles. The smallest absolute Gasteiger partial charge is 0.250 e. The van der Waals surface area contributed by atoms with E-state index in [4.69, 9.17) is 11.6 Å². The van der Waals surface area contributed by atoms with Crippen LogP contribution in [0.1, 0.15) is 5.56 Å². The third-order valence-electron chi connectivity index (χ3n) is 2.68. The predicted octanol–water partition coefficient (Wildman–Crippen LogP) is 4.57. The first-order chi connectivity index (χ1) is 10.7. The Morgan fingerprint density at radius 3 is 2.73 bits per heavy atom. The van der Waals surface area contributed by atoms with E-state index in [1.165, 1.54) is 17.4 Å². The number of hydrogen-bond donors (Lipinski definition) is 1. The van der Waals surface area contributed by atoms with Gasteiger partial charge in [0.05, 0.1) is 4.88 Å². The number of hydrogen-bond acceptors (Lipinski definition) is 5. The Morgan fingerprint density at radius 2 is 2.00 bits per heavy atom. The first kappa shape index (κ1) is 14.9. The number of benzene rings is 1. The van der Waals surface area contributed by atoms with E-state index >= 15 is 0 Å². The first-order valence-corrected chi connectivity index (χ1v) is 8.40. The van der Waals surface area contributed by atoms with Gasteiger partial charge in [0.2, 0.25) is 11.0 Å². The van der Waals surface area contributed by atoms with Crippen LogP contribution in [0.4, 0.5) is 5.13 Å². The van der Waals surface area contributed by atoms with Gasteiger partial charge in [-0.1, -0.05) is 41.1 Å². The summed E-state index contributed by atoms with van der Waals surface area (Å²) in [6, 6.07) is 11.2. The molecule has 110 valence electrons. The minimum Gasteiger partial charge on any atom is -0.297 e. The summed E-state index contributed by atoms with van der Waals surface area (Å²) in [5, 5.41) is 14.7. The highest BCUT2D eigenvalue weighted by Crippen LogP contribution is 2.29. The Balaban J connectivity index is 1.63. The van der Waals surface area contributed by atoms with Crippen molar-refractivity contribution in [3.63, 3.8) is 0 Å². The van der Waals surface area contributed by atoms with Crippen molar-refractivity contribution < 1.29 is 4.79 Å². The molecule has 0 fully saturated rings. The van der Waals surface area contributed by atoms with Crippen molar-refractivity contribution in [2.75, 3.05) is 5.32 Å². The molecule has 2 heterocycles. The van der Waals surface area contributed by atoms with Crippen molar-refractivity contribution in [3.8, 4) is 9.88 Å². The van der Waals surface area contributed by atoms with Crippen LogP contribution in [0, 0.1) is 0 Å². The van der Waals surface area contributed by atoms with E-state index in [1.54, 1.807) is 29.5 Å². The lowest BCUT2D eigenvalue weighted by Crippen LogP contribution is -2.07. The summed E-state index contributed by atoms with van der Waals surface area (Å²) in [5.74, 6) is -0.246. The lowest BCUT2D eigenvalue weighted by molar-refractivity contribution is -0.111. The third kappa shape index (κ3) is 3.79. The average Bonchev–Trinajstić information content (AvgIpc) is 3.17. The minimum atomic E-state index is -0.246. The van der Waals surface area contributed by atoms with E-state index in [9.17, 15) is 4.79 Å². The number of aromatic nitrogens is 2. The normalized spacial score (nSPS) is 11.0. The van der Waals surface area contributed by atoms with Crippen LogP contribution in [-0.4, -0.2) is 16.1 Å². The molecule has 7 heteroatoms. The number of carbonyl (C=O) groups excluding carboxylic acids is 1. The third-order valence-corrected chi connectivity index (χ3v) is 4.81. The molecule has 2 aromatic heterocycles. The van der Waals surface area contributed by atoms with Gasteiger partial charge in [-0.2, -0.15) is 0 Å². The summed E-state index contributed by atoms with van der Waals surface area (Å²) >= 11 is 8.74. The summed E-state index contributed by atoms with van der Waals surface area (Å²) in [5.41, 5.74) is 0.899. The molecule has 0 aliphatic carbocycles. The van der Waals surface area contributed by atoms with Crippen LogP contribution in [-0.2, 0) is 4.79 Å². The number of carbonyl (C=O) groups is 1. The van der Waals surface area contributed by atoms with Gasteiger partial charge in [0.15, 0.2) is 5.01 Å². The number of amides is 1. The number of nitrogens with zero attached hydrogens (tertiary/aromatic N) is 2. The van der Waals surface area contributed by atoms with Crippen molar-refractivity contribution in [1.29, 1.82) is 0 Å². The highest BCUT2D eigenvalue weighted by molar-refractivity contribution is 7.23. The van der Waals surface area contributed by atoms with Gasteiger partial charge in [-0.3, -0.25) is 10.1 Å². The fraction of sp³-hybridized carbons (Fsp3) is 0. The van der Waals surface area contributed by atoms with Gasteiger partial charge in [0.25, 0.3) is 0 Å². The topological polar surface area (TPSA) is 54.9 Å². The second kappa shape index (κ2) is 6.83. The summed E-state index contributed by atoms with van der Waals surface area (Å²) < 4.78 is 0. The van der Waals surface area contributed by atoms with Crippen molar-refractivity contribution in [2.45, 2.75) is 0 Å². The lowest BCUT2D eigenvalue weighted by Gasteiger charge is -1.95. The summed E-state index contributed by atoms with van der Waals surface area (Å²) in [4.78, 5) is 12.9. The Hall–Kier alpha value is -2.02. The van der Waals surface area contributed by atoms with Gasteiger partial charge >= 0.3 is 0 Å². The molecule has 0 atom stereocenters. The zero-order valence-corrected chi connectivity index (χ0v) is 13.6. The fourth-order valence-electron chi connectivity index (χ4n) is 1.67. The number of anilines is 1. The van der Waals surface area contributed by atoms with E-state index in [0.29, 0.717) is 10.2 Å². The molecule has 0 aliphatic rings. The highest BCUT2D eigenvalue weighted by Gasteiger charge is 2.08. The van der Waals surface area contributed by atoms with Gasteiger partial charge in [-0.25, -0.2) is 0 Å². The van der Waals surface area contributed by atoms with Crippen LogP contribution < -0.4 is 5.32 Å². The predicted molar refractivity (Wildman–Crippen MR) is 92.3 cm³/mol. The molecule has 0 radical (unpaired) electrons. The van der Waals surface area contributed by atoms with Crippen LogP contribution in [0.3, 0.4) is 0 Å². The van der Waals surface area contributed by atoms with Crippen LogP contribution in [0.5, 0.6) is 0 Å². The summed E-state index contributed by atoms with van der Waals surface area (Å²) in [7, 11) is 0. The molecule has 0 bridgehead atoms. The maximum Gasteiger partial charge on any atom is 0.250 e. The molecule has 0 saturated carbocycles. The van der Waals surface area contributed by atoms with Crippen LogP contribution >= 0.6 is 34.3 Å². The maximum absolute atomic E-state index is 11.9. The Bertz CT molecular complexity index is 795. The van der Waals surface area contributed by atoms with E-state index in [0.717, 1.165) is 15.4 Å². The van der Waals surface area contributed by atoms with E-state index in [1.807, 2.05) is 29.6 Å². The monoisotopic (exact) mass is 347 g/mol. The number of rotatable bonds is 4. The van der Waals surface area contributed by atoms with Crippen LogP contribution in [0.2, 0.25) is 5.02 Å². The Labute approximate surface area is 140 Å². The van der Waals surface area contributed by atoms with E-state index < -0.39 is 0 Å². The molecule has 1 amide bonds. The van der Waals surface area contributed by atoms with Crippen molar-refractivity contribution in [1.82, 2.24) is 10.2 Å².